The molecule has 0 amide bonds. The summed E-state index contributed by atoms with van der Waals surface area (Å²) < 4.78 is 0. The first-order valence-corrected chi connectivity index (χ1v) is 4.95. The highest BCUT2D eigenvalue weighted by Crippen LogP contribution is 2.15. The van der Waals surface area contributed by atoms with Gasteiger partial charge in [0.15, 0.2) is 5.29 Å². The molecule has 0 aliphatic carbocycles. The number of aliphatic imine (C=N–C) groups is 1. The highest BCUT2D eigenvalue weighted by Gasteiger charge is 2.05. The quantitative estimate of drug-likeness (QED) is 0.252. The number of nitrogens with zero attached hydrogens (tertiary/aromatic N) is 5. The minimum atomic E-state index is -0.240. The molecule has 0 aliphatic rings. The summed E-state index contributed by atoms with van der Waals surface area (Å²) in [5.41, 5.74) is -0.347. The molecular formula is C10H7Cl2N5. The Hall–Kier alpha value is -2.00. The molecule has 17 heavy (non-hydrogen) atoms. The van der Waals surface area contributed by atoms with Crippen LogP contribution in [0.3, 0.4) is 0 Å². The molecule has 0 spiro atoms. The molecule has 0 N–H and O–H groups in total. The molecule has 0 radical (unpaired) electrons. The highest BCUT2D eigenvalue weighted by molar-refractivity contribution is 6.64. The van der Waals surface area contributed by atoms with E-state index in [0.29, 0.717) is 0 Å². The van der Waals surface area contributed by atoms with Crippen molar-refractivity contribution in [3.05, 3.63) is 22.4 Å². The Bertz CT molecular complexity index is 492. The van der Waals surface area contributed by atoms with Crippen molar-refractivity contribution >= 4 is 28.5 Å². The number of nitriles is 3. The Labute approximate surface area is 109 Å². The number of halogens is 2. The van der Waals surface area contributed by atoms with Crippen molar-refractivity contribution < 1.29 is 0 Å². The normalized spacial score (nSPS) is 11.5. The second kappa shape index (κ2) is 7.30. The van der Waals surface area contributed by atoms with Gasteiger partial charge in [0.2, 0.25) is 0 Å². The largest absolute Gasteiger partial charge is 0.353 e. The van der Waals surface area contributed by atoms with Gasteiger partial charge in [0, 0.05) is 14.1 Å². The van der Waals surface area contributed by atoms with Gasteiger partial charge in [-0.25, -0.2) is 4.99 Å². The van der Waals surface area contributed by atoms with Gasteiger partial charge in [-0.2, -0.15) is 15.8 Å². The Morgan fingerprint density at radius 1 is 1.12 bits per heavy atom. The average Bonchev–Trinajstić information content (AvgIpc) is 2.30. The Morgan fingerprint density at radius 2 is 1.65 bits per heavy atom. The smallest absolute Gasteiger partial charge is 0.199 e. The van der Waals surface area contributed by atoms with Crippen molar-refractivity contribution in [1.82, 2.24) is 4.90 Å². The van der Waals surface area contributed by atoms with Crippen LogP contribution in [0.5, 0.6) is 0 Å². The summed E-state index contributed by atoms with van der Waals surface area (Å²) in [7, 11) is 3.29. The van der Waals surface area contributed by atoms with Crippen LogP contribution >= 0.6 is 23.2 Å². The van der Waals surface area contributed by atoms with Gasteiger partial charge in [-0.15, -0.1) is 0 Å². The minimum Gasteiger partial charge on any atom is -0.353 e. The lowest BCUT2D eigenvalue weighted by Crippen LogP contribution is -2.15. The van der Waals surface area contributed by atoms with Crippen LogP contribution in [-0.2, 0) is 0 Å². The van der Waals surface area contributed by atoms with Crippen molar-refractivity contribution in [1.29, 1.82) is 15.8 Å². The van der Waals surface area contributed by atoms with Crippen LogP contribution in [0.2, 0.25) is 0 Å². The molecule has 5 nitrogen and oxygen atoms in total. The van der Waals surface area contributed by atoms with Crippen LogP contribution in [0.4, 0.5) is 0 Å². The van der Waals surface area contributed by atoms with Crippen molar-refractivity contribution in [2.45, 2.75) is 0 Å². The summed E-state index contributed by atoms with van der Waals surface area (Å²) >= 11 is 11.5. The zero-order chi connectivity index (χ0) is 13.4. The SMILES string of the molecule is CN(C)/C(Cl)=N/C(Cl)=C(\C#N)C=C(C#N)C#N. The van der Waals surface area contributed by atoms with Crippen LogP contribution in [0.15, 0.2) is 27.4 Å². The van der Waals surface area contributed by atoms with E-state index in [4.69, 9.17) is 39.0 Å². The van der Waals surface area contributed by atoms with Gasteiger partial charge >= 0.3 is 0 Å². The van der Waals surface area contributed by atoms with E-state index < -0.39 is 0 Å². The lowest BCUT2D eigenvalue weighted by atomic mass is 10.2. The Balaban J connectivity index is 5.49. The minimum absolute atomic E-state index is 0.0756. The van der Waals surface area contributed by atoms with Crippen molar-refractivity contribution in [3.8, 4) is 18.2 Å². The molecule has 0 aromatic rings. The predicted octanol–water partition coefficient (Wildman–Crippen LogP) is 2.09. The third-order valence-electron chi connectivity index (χ3n) is 1.43. The highest BCUT2D eigenvalue weighted by atomic mass is 35.5. The second-order valence-corrected chi connectivity index (χ2v) is 3.57. The van der Waals surface area contributed by atoms with Gasteiger partial charge in [-0.3, -0.25) is 0 Å². The van der Waals surface area contributed by atoms with Crippen LogP contribution in [0, 0.1) is 34.0 Å². The molecule has 0 aromatic carbocycles. The Kier molecular flexibility index (Phi) is 6.44. The molecule has 0 aliphatic heterocycles. The molecule has 7 heteroatoms. The van der Waals surface area contributed by atoms with E-state index in [1.165, 1.54) is 4.90 Å². The van der Waals surface area contributed by atoms with E-state index in [0.717, 1.165) is 6.08 Å². The maximum absolute atomic E-state index is 8.81. The van der Waals surface area contributed by atoms with Gasteiger partial charge in [-0.05, 0) is 17.7 Å². The standard InChI is InChI=1S/C10H7Cl2N5/c1-17(2)10(12)16-9(11)8(6-15)3-7(4-13)5-14/h3H,1-2H3/b9-8-,16-10+. The molecule has 0 fully saturated rings. The van der Waals surface area contributed by atoms with Gasteiger partial charge in [0.1, 0.15) is 28.9 Å². The summed E-state index contributed by atoms with van der Waals surface area (Å²) in [5.74, 6) is 0. The van der Waals surface area contributed by atoms with Crippen molar-refractivity contribution in [3.63, 3.8) is 0 Å². The number of hydrogen-bond acceptors (Lipinski definition) is 4. The van der Waals surface area contributed by atoms with Crippen LogP contribution in [0.1, 0.15) is 0 Å². The lowest BCUT2D eigenvalue weighted by Gasteiger charge is -2.07. The zero-order valence-corrected chi connectivity index (χ0v) is 10.6. The molecule has 0 heterocycles. The van der Waals surface area contributed by atoms with Crippen molar-refractivity contribution in [2.24, 2.45) is 4.99 Å². The summed E-state index contributed by atoms with van der Waals surface area (Å²) in [6.07, 6.45) is 1.05. The van der Waals surface area contributed by atoms with Crippen LogP contribution in [-0.4, -0.2) is 24.3 Å². The van der Waals surface area contributed by atoms with Gasteiger partial charge < -0.3 is 4.90 Å². The molecule has 0 saturated heterocycles. The molecule has 0 unspecified atom stereocenters. The zero-order valence-electron chi connectivity index (χ0n) is 9.07. The third-order valence-corrected chi connectivity index (χ3v) is 2.14. The fourth-order valence-electron chi connectivity index (χ4n) is 0.613. The van der Waals surface area contributed by atoms with E-state index in [1.807, 2.05) is 0 Å². The third kappa shape index (κ3) is 5.04. The number of amidine groups is 1. The number of rotatable bonds is 2. The fourth-order valence-corrected chi connectivity index (χ4v) is 0.918. The van der Waals surface area contributed by atoms with Gasteiger partial charge in [-0.1, -0.05) is 11.6 Å². The molecule has 86 valence electrons. The summed E-state index contributed by atoms with van der Waals surface area (Å²) in [4.78, 5) is 5.22. The maximum Gasteiger partial charge on any atom is 0.199 e. The lowest BCUT2D eigenvalue weighted by molar-refractivity contribution is 0.634. The second-order valence-electron chi connectivity index (χ2n) is 2.87. The van der Waals surface area contributed by atoms with E-state index in [9.17, 15) is 0 Å². The first-order chi connectivity index (χ1) is 7.96. The molecular weight excluding hydrogens is 261 g/mol. The number of hydrogen-bond donors (Lipinski definition) is 0. The number of allylic oxidation sites excluding steroid dienone is 3. The van der Waals surface area contributed by atoms with Crippen LogP contribution in [0.25, 0.3) is 0 Å². The summed E-state index contributed by atoms with van der Waals surface area (Å²) in [6.45, 7) is 0. The molecule has 0 atom stereocenters. The summed E-state index contributed by atoms with van der Waals surface area (Å²) in [6, 6.07) is 4.95. The maximum atomic E-state index is 8.81. The fraction of sp³-hybridized carbons (Fsp3) is 0.200. The average molecular weight is 268 g/mol. The Morgan fingerprint density at radius 3 is 2.00 bits per heavy atom. The molecule has 0 saturated carbocycles. The summed E-state index contributed by atoms with van der Waals surface area (Å²) in [5, 5.41) is 25.8. The monoisotopic (exact) mass is 267 g/mol. The van der Waals surface area contributed by atoms with Crippen molar-refractivity contribution in [2.75, 3.05) is 14.1 Å². The van der Waals surface area contributed by atoms with E-state index in [1.54, 1.807) is 32.3 Å². The van der Waals surface area contributed by atoms with E-state index in [-0.39, 0.29) is 21.6 Å². The van der Waals surface area contributed by atoms with Gasteiger partial charge in [0.25, 0.3) is 0 Å². The topological polar surface area (TPSA) is 87.0 Å². The first kappa shape index (κ1) is 15.0. The van der Waals surface area contributed by atoms with E-state index >= 15 is 0 Å². The van der Waals surface area contributed by atoms with Gasteiger partial charge in [0.05, 0.1) is 5.57 Å². The first-order valence-electron chi connectivity index (χ1n) is 4.19. The molecule has 0 rings (SSSR count). The predicted molar refractivity (Wildman–Crippen MR) is 64.8 cm³/mol. The van der Waals surface area contributed by atoms with Crippen LogP contribution < -0.4 is 0 Å². The molecule has 0 bridgehead atoms. The van der Waals surface area contributed by atoms with E-state index in [2.05, 4.69) is 4.99 Å². The molecule has 0 aromatic heterocycles.